The minimum Gasteiger partial charge on any atom is -0.480 e. The summed E-state index contributed by atoms with van der Waals surface area (Å²) in [5, 5.41) is 9.00. The predicted octanol–water partition coefficient (Wildman–Crippen LogP) is 0.854. The second-order valence-electron chi connectivity index (χ2n) is 3.44. The van der Waals surface area contributed by atoms with Crippen molar-refractivity contribution in [3.63, 3.8) is 0 Å². The quantitative estimate of drug-likeness (QED) is 0.673. The number of hydrogen-bond acceptors (Lipinski definition) is 3. The number of carboxylic acid groups (broad SMARTS) is 1. The SMILES string of the molecule is NC1(C(=O)O)CCCc2cocc21. The van der Waals surface area contributed by atoms with Gasteiger partial charge in [0.25, 0.3) is 0 Å². The van der Waals surface area contributed by atoms with Crippen molar-refractivity contribution in [1.29, 1.82) is 0 Å². The van der Waals surface area contributed by atoms with Crippen LogP contribution >= 0.6 is 0 Å². The summed E-state index contributed by atoms with van der Waals surface area (Å²) < 4.78 is 4.97. The molecule has 0 aromatic carbocycles. The van der Waals surface area contributed by atoms with Crippen LogP contribution in [0.4, 0.5) is 0 Å². The topological polar surface area (TPSA) is 76.5 Å². The fourth-order valence-electron chi connectivity index (χ4n) is 1.82. The van der Waals surface area contributed by atoms with Crippen LogP contribution in [0, 0.1) is 0 Å². The first-order valence-corrected chi connectivity index (χ1v) is 4.22. The summed E-state index contributed by atoms with van der Waals surface area (Å²) in [5.41, 5.74) is 6.12. The number of carbonyl (C=O) groups is 1. The van der Waals surface area contributed by atoms with Gasteiger partial charge in [-0.1, -0.05) is 0 Å². The van der Waals surface area contributed by atoms with Gasteiger partial charge in [-0.2, -0.15) is 0 Å². The Balaban J connectivity index is 2.51. The Morgan fingerprint density at radius 2 is 2.38 bits per heavy atom. The third-order valence-electron chi connectivity index (χ3n) is 2.62. The molecule has 3 N–H and O–H groups in total. The first-order chi connectivity index (χ1) is 6.14. The minimum atomic E-state index is -1.24. The van der Waals surface area contributed by atoms with E-state index in [9.17, 15) is 4.79 Å². The van der Waals surface area contributed by atoms with Crippen molar-refractivity contribution in [1.82, 2.24) is 0 Å². The van der Waals surface area contributed by atoms with E-state index >= 15 is 0 Å². The Hall–Kier alpha value is -1.29. The van der Waals surface area contributed by atoms with Gasteiger partial charge in [-0.25, -0.2) is 4.79 Å². The van der Waals surface area contributed by atoms with Gasteiger partial charge in [-0.3, -0.25) is 0 Å². The highest BCUT2D eigenvalue weighted by molar-refractivity contribution is 5.81. The molecule has 0 radical (unpaired) electrons. The molecule has 1 aromatic rings. The van der Waals surface area contributed by atoms with E-state index in [0.717, 1.165) is 18.4 Å². The maximum atomic E-state index is 11.0. The van der Waals surface area contributed by atoms with Gasteiger partial charge < -0.3 is 15.3 Å². The van der Waals surface area contributed by atoms with E-state index in [4.69, 9.17) is 15.3 Å². The molecule has 0 amide bonds. The van der Waals surface area contributed by atoms with Crippen molar-refractivity contribution in [2.75, 3.05) is 0 Å². The van der Waals surface area contributed by atoms with Crippen LogP contribution in [0.25, 0.3) is 0 Å². The van der Waals surface area contributed by atoms with Crippen LogP contribution in [-0.4, -0.2) is 11.1 Å². The lowest BCUT2D eigenvalue weighted by Crippen LogP contribution is -2.46. The van der Waals surface area contributed by atoms with E-state index in [2.05, 4.69) is 0 Å². The number of nitrogens with two attached hydrogens (primary N) is 1. The molecule has 0 fully saturated rings. The van der Waals surface area contributed by atoms with Gasteiger partial charge in [0.15, 0.2) is 0 Å². The van der Waals surface area contributed by atoms with Crippen LogP contribution in [-0.2, 0) is 16.8 Å². The van der Waals surface area contributed by atoms with E-state index < -0.39 is 11.5 Å². The first-order valence-electron chi connectivity index (χ1n) is 4.22. The van der Waals surface area contributed by atoms with Gasteiger partial charge >= 0.3 is 5.97 Å². The van der Waals surface area contributed by atoms with Crippen LogP contribution < -0.4 is 5.73 Å². The van der Waals surface area contributed by atoms with E-state index in [1.165, 1.54) is 6.26 Å². The van der Waals surface area contributed by atoms with E-state index in [1.807, 2.05) is 0 Å². The number of aryl methyl sites for hydroxylation is 1. The Bertz CT molecular complexity index is 344. The van der Waals surface area contributed by atoms with Gasteiger partial charge in [0.05, 0.1) is 12.5 Å². The van der Waals surface area contributed by atoms with Crippen LogP contribution in [0.15, 0.2) is 16.9 Å². The van der Waals surface area contributed by atoms with E-state index in [1.54, 1.807) is 6.26 Å². The summed E-state index contributed by atoms with van der Waals surface area (Å²) in [6.45, 7) is 0. The Morgan fingerprint density at radius 1 is 1.62 bits per heavy atom. The number of rotatable bonds is 1. The van der Waals surface area contributed by atoms with Crippen molar-refractivity contribution >= 4 is 5.97 Å². The Kier molecular flexibility index (Phi) is 1.66. The summed E-state index contributed by atoms with van der Waals surface area (Å²) >= 11 is 0. The molecule has 4 heteroatoms. The molecule has 0 bridgehead atoms. The third kappa shape index (κ3) is 1.06. The van der Waals surface area contributed by atoms with E-state index in [-0.39, 0.29) is 0 Å². The van der Waals surface area contributed by atoms with Crippen molar-refractivity contribution in [2.45, 2.75) is 24.8 Å². The lowest BCUT2D eigenvalue weighted by Gasteiger charge is -2.28. The summed E-state index contributed by atoms with van der Waals surface area (Å²) in [7, 11) is 0. The summed E-state index contributed by atoms with van der Waals surface area (Å²) in [5.74, 6) is -0.977. The highest BCUT2D eigenvalue weighted by Crippen LogP contribution is 2.34. The molecule has 1 aliphatic rings. The molecule has 4 nitrogen and oxygen atoms in total. The normalized spacial score (nSPS) is 26.8. The first kappa shape index (κ1) is 8.31. The fraction of sp³-hybridized carbons (Fsp3) is 0.444. The Labute approximate surface area is 75.3 Å². The highest BCUT2D eigenvalue weighted by atomic mass is 16.4. The van der Waals surface area contributed by atoms with Crippen molar-refractivity contribution in [3.8, 4) is 0 Å². The number of hydrogen-bond donors (Lipinski definition) is 2. The maximum absolute atomic E-state index is 11.0. The van der Waals surface area contributed by atoms with Crippen LogP contribution in [0.1, 0.15) is 24.0 Å². The van der Waals surface area contributed by atoms with E-state index in [0.29, 0.717) is 12.0 Å². The summed E-state index contributed by atoms with van der Waals surface area (Å²) in [4.78, 5) is 11.0. The molecule has 0 saturated carbocycles. The second-order valence-corrected chi connectivity index (χ2v) is 3.44. The van der Waals surface area contributed by atoms with Gasteiger partial charge in [-0.05, 0) is 24.8 Å². The summed E-state index contributed by atoms with van der Waals surface area (Å²) in [6, 6.07) is 0. The smallest absolute Gasteiger partial charge is 0.328 e. The molecule has 1 heterocycles. The zero-order valence-electron chi connectivity index (χ0n) is 7.12. The fourth-order valence-corrected chi connectivity index (χ4v) is 1.82. The van der Waals surface area contributed by atoms with Gasteiger partial charge in [-0.15, -0.1) is 0 Å². The highest BCUT2D eigenvalue weighted by Gasteiger charge is 2.40. The predicted molar refractivity (Wildman–Crippen MR) is 45.1 cm³/mol. The minimum absolute atomic E-state index is 0.481. The molecule has 1 atom stereocenters. The van der Waals surface area contributed by atoms with Crippen LogP contribution in [0.2, 0.25) is 0 Å². The van der Waals surface area contributed by atoms with Gasteiger partial charge in [0, 0.05) is 5.56 Å². The Morgan fingerprint density at radius 3 is 3.08 bits per heavy atom. The molecule has 2 rings (SSSR count). The average Bonchev–Trinajstić information content (AvgIpc) is 2.53. The van der Waals surface area contributed by atoms with Gasteiger partial charge in [0.2, 0.25) is 0 Å². The zero-order chi connectivity index (χ0) is 9.47. The number of carboxylic acids is 1. The number of furan rings is 1. The average molecular weight is 181 g/mol. The molecule has 13 heavy (non-hydrogen) atoms. The zero-order valence-corrected chi connectivity index (χ0v) is 7.12. The third-order valence-corrected chi connectivity index (χ3v) is 2.62. The van der Waals surface area contributed by atoms with Crippen molar-refractivity contribution in [2.24, 2.45) is 5.73 Å². The molecule has 1 unspecified atom stereocenters. The second kappa shape index (κ2) is 2.60. The molecule has 1 aromatic heterocycles. The monoisotopic (exact) mass is 181 g/mol. The number of aliphatic carboxylic acids is 1. The molecule has 0 saturated heterocycles. The van der Waals surface area contributed by atoms with Crippen molar-refractivity contribution < 1.29 is 14.3 Å². The van der Waals surface area contributed by atoms with Crippen LogP contribution in [0.3, 0.4) is 0 Å². The summed E-state index contributed by atoms with van der Waals surface area (Å²) in [6.07, 6.45) is 5.17. The lowest BCUT2D eigenvalue weighted by molar-refractivity contribution is -0.144. The lowest BCUT2D eigenvalue weighted by atomic mass is 9.79. The molecule has 0 aliphatic heterocycles. The van der Waals surface area contributed by atoms with Gasteiger partial charge in [0.1, 0.15) is 5.54 Å². The largest absolute Gasteiger partial charge is 0.480 e. The number of fused-ring (bicyclic) bond motifs is 1. The molecule has 1 aliphatic carbocycles. The maximum Gasteiger partial charge on any atom is 0.328 e. The van der Waals surface area contributed by atoms with Crippen molar-refractivity contribution in [3.05, 3.63) is 23.7 Å². The molecular weight excluding hydrogens is 170 g/mol. The molecule has 0 spiro atoms. The standard InChI is InChI=1S/C9H11NO3/c10-9(8(11)12)3-1-2-6-4-13-5-7(6)9/h4-5H,1-3,10H2,(H,11,12). The molecular formula is C9H11NO3. The van der Waals surface area contributed by atoms with Crippen LogP contribution in [0.5, 0.6) is 0 Å². The molecule has 70 valence electrons.